The number of rotatable bonds is 6. The Morgan fingerprint density at radius 3 is 2.40 bits per heavy atom. The molecule has 2 aliphatic rings. The van der Waals surface area contributed by atoms with Crippen molar-refractivity contribution < 1.29 is 14.0 Å². The summed E-state index contributed by atoms with van der Waals surface area (Å²) in [5.74, 6) is 0. The molecule has 0 bridgehead atoms. The van der Waals surface area contributed by atoms with Crippen molar-refractivity contribution in [2.24, 2.45) is 0 Å². The molecule has 8 heteroatoms. The third kappa shape index (κ3) is 2.50. The maximum absolute atomic E-state index is 12.8. The highest BCUT2D eigenvalue weighted by Gasteiger charge is 2.49. The first-order valence-corrected chi connectivity index (χ1v) is 8.04. The van der Waals surface area contributed by atoms with Crippen molar-refractivity contribution in [2.75, 3.05) is 26.2 Å². The van der Waals surface area contributed by atoms with E-state index in [0.29, 0.717) is 5.56 Å². The van der Waals surface area contributed by atoms with Crippen molar-refractivity contribution in [1.29, 1.82) is 0 Å². The van der Waals surface area contributed by atoms with Crippen LogP contribution in [0.5, 0.6) is 0 Å². The summed E-state index contributed by atoms with van der Waals surface area (Å²) in [6.07, 6.45) is 0. The molecule has 3 rings (SSSR count). The lowest BCUT2D eigenvalue weighted by molar-refractivity contribution is -0.385. The summed E-state index contributed by atoms with van der Waals surface area (Å²) in [5, 5.41) is 11.1. The number of nitro benzene ring substituents is 1. The van der Waals surface area contributed by atoms with Crippen molar-refractivity contribution in [2.45, 2.75) is 13.5 Å². The van der Waals surface area contributed by atoms with Crippen molar-refractivity contribution in [3.8, 4) is 0 Å². The fourth-order valence-electron chi connectivity index (χ4n) is 2.13. The molecule has 0 saturated carbocycles. The van der Waals surface area contributed by atoms with E-state index in [-0.39, 0.29) is 12.3 Å². The molecule has 108 valence electrons. The second kappa shape index (κ2) is 4.93. The lowest BCUT2D eigenvalue weighted by atomic mass is 10.1. The highest BCUT2D eigenvalue weighted by Crippen LogP contribution is 2.61. The van der Waals surface area contributed by atoms with E-state index in [4.69, 9.17) is 4.52 Å². The maximum atomic E-state index is 12.8. The Balaban J connectivity index is 1.81. The van der Waals surface area contributed by atoms with Gasteiger partial charge >= 0.3 is 7.67 Å². The van der Waals surface area contributed by atoms with Gasteiger partial charge in [0.25, 0.3) is 5.69 Å². The minimum Gasteiger partial charge on any atom is -0.301 e. The third-order valence-corrected chi connectivity index (χ3v) is 6.22. The third-order valence-electron chi connectivity index (χ3n) is 3.52. The molecule has 2 fully saturated rings. The van der Waals surface area contributed by atoms with E-state index in [0.717, 1.165) is 31.7 Å². The molecule has 0 amide bonds. The number of aryl methyl sites for hydroxylation is 1. The highest BCUT2D eigenvalue weighted by molar-refractivity contribution is 7.54. The molecule has 2 saturated heterocycles. The minimum atomic E-state index is -2.93. The molecule has 0 N–H and O–H groups in total. The van der Waals surface area contributed by atoms with Crippen LogP contribution in [0.15, 0.2) is 18.2 Å². The first-order chi connectivity index (χ1) is 9.52. The van der Waals surface area contributed by atoms with Gasteiger partial charge in [-0.2, -0.15) is 0 Å². The van der Waals surface area contributed by atoms with Crippen LogP contribution in [0.25, 0.3) is 0 Å². The minimum absolute atomic E-state index is 0.00721. The van der Waals surface area contributed by atoms with Gasteiger partial charge in [-0.05, 0) is 12.5 Å². The smallest absolute Gasteiger partial charge is 0.301 e. The average Bonchev–Trinajstić information content (AvgIpc) is 3.29. The van der Waals surface area contributed by atoms with Crippen LogP contribution < -0.4 is 0 Å². The predicted octanol–water partition coefficient (Wildman–Crippen LogP) is 2.16. The summed E-state index contributed by atoms with van der Waals surface area (Å²) < 4.78 is 22.0. The molecule has 0 aromatic heterocycles. The molecule has 0 aliphatic carbocycles. The molecule has 1 aromatic carbocycles. The number of hydrogen-bond acceptors (Lipinski definition) is 4. The van der Waals surface area contributed by atoms with Gasteiger partial charge in [-0.3, -0.25) is 14.7 Å². The van der Waals surface area contributed by atoms with Gasteiger partial charge in [-0.15, -0.1) is 0 Å². The van der Waals surface area contributed by atoms with Gasteiger partial charge in [-0.1, -0.05) is 12.1 Å². The molecule has 2 aliphatic heterocycles. The number of nitrogens with zero attached hydrogens (tertiary/aromatic N) is 3. The number of hydrogen-bond donors (Lipinski definition) is 0. The van der Waals surface area contributed by atoms with E-state index in [1.54, 1.807) is 28.4 Å². The molecule has 0 radical (unpaired) electrons. The first-order valence-electron chi connectivity index (χ1n) is 6.51. The Bertz CT molecular complexity index is 582. The molecule has 20 heavy (non-hydrogen) atoms. The van der Waals surface area contributed by atoms with Crippen molar-refractivity contribution in [3.05, 3.63) is 39.4 Å². The van der Waals surface area contributed by atoms with Gasteiger partial charge in [0.1, 0.15) is 0 Å². The van der Waals surface area contributed by atoms with E-state index >= 15 is 0 Å². The number of nitro groups is 1. The Labute approximate surface area is 116 Å². The van der Waals surface area contributed by atoms with Gasteiger partial charge in [0.2, 0.25) is 0 Å². The second-order valence-electron chi connectivity index (χ2n) is 5.00. The molecular formula is C12H16N3O4P. The molecule has 1 aromatic rings. The van der Waals surface area contributed by atoms with Gasteiger partial charge in [-0.25, -0.2) is 9.34 Å². The fourth-order valence-corrected chi connectivity index (χ4v) is 4.30. The normalized spacial score (nSPS) is 19.1. The Hall–Kier alpha value is -1.27. The zero-order valence-electron chi connectivity index (χ0n) is 11.2. The Kier molecular flexibility index (Phi) is 3.38. The van der Waals surface area contributed by atoms with Crippen LogP contribution in [0.3, 0.4) is 0 Å². The first kappa shape index (κ1) is 13.7. The van der Waals surface area contributed by atoms with Gasteiger partial charge in [0.15, 0.2) is 0 Å². The molecule has 0 atom stereocenters. The molecular weight excluding hydrogens is 281 g/mol. The topological polar surface area (TPSA) is 75.5 Å². The largest absolute Gasteiger partial charge is 0.346 e. The van der Waals surface area contributed by atoms with Crippen LogP contribution in [-0.2, 0) is 15.7 Å². The van der Waals surface area contributed by atoms with Gasteiger partial charge in [0, 0.05) is 32.2 Å². The monoisotopic (exact) mass is 297 g/mol. The van der Waals surface area contributed by atoms with Gasteiger partial charge in [0.05, 0.1) is 17.1 Å². The molecule has 0 unspecified atom stereocenters. The van der Waals surface area contributed by atoms with Crippen LogP contribution in [-0.4, -0.2) is 40.4 Å². The standard InChI is InChI=1S/C12H16N3O4P/c1-10-3-2-4-12(15(16)17)11(10)9-19-20(18,13-5-6-13)14-7-8-14/h2-4H,5-9H2,1H3. The van der Waals surface area contributed by atoms with Gasteiger partial charge < -0.3 is 4.52 Å². The molecule has 7 nitrogen and oxygen atoms in total. The summed E-state index contributed by atoms with van der Waals surface area (Å²) in [5.41, 5.74) is 1.30. The van der Waals surface area contributed by atoms with Crippen molar-refractivity contribution in [1.82, 2.24) is 9.34 Å². The summed E-state index contributed by atoms with van der Waals surface area (Å²) in [6.45, 7) is 4.87. The molecule has 0 spiro atoms. The lowest BCUT2D eigenvalue weighted by Crippen LogP contribution is -2.09. The zero-order chi connectivity index (χ0) is 14.3. The zero-order valence-corrected chi connectivity index (χ0v) is 12.1. The van der Waals surface area contributed by atoms with Crippen molar-refractivity contribution >= 4 is 13.4 Å². The predicted molar refractivity (Wildman–Crippen MR) is 73.4 cm³/mol. The SMILES string of the molecule is Cc1cccc([N+](=O)[O-])c1COP(=O)(N1CC1)N1CC1. The average molecular weight is 297 g/mol. The lowest BCUT2D eigenvalue weighted by Gasteiger charge is -2.20. The van der Waals surface area contributed by atoms with E-state index in [1.165, 1.54) is 6.07 Å². The van der Waals surface area contributed by atoms with E-state index in [1.807, 2.05) is 0 Å². The summed E-state index contributed by atoms with van der Waals surface area (Å²) in [7, 11) is -2.93. The van der Waals surface area contributed by atoms with E-state index < -0.39 is 12.6 Å². The van der Waals surface area contributed by atoms with Crippen LogP contribution in [0.1, 0.15) is 11.1 Å². The van der Waals surface area contributed by atoms with Crippen LogP contribution >= 0.6 is 7.67 Å². The quantitative estimate of drug-likeness (QED) is 0.346. The van der Waals surface area contributed by atoms with Crippen LogP contribution in [0.4, 0.5) is 5.69 Å². The summed E-state index contributed by atoms with van der Waals surface area (Å²) in [4.78, 5) is 10.6. The molecule has 2 heterocycles. The fraction of sp³-hybridized carbons (Fsp3) is 0.500. The summed E-state index contributed by atoms with van der Waals surface area (Å²) in [6, 6.07) is 4.89. The summed E-state index contributed by atoms with van der Waals surface area (Å²) >= 11 is 0. The van der Waals surface area contributed by atoms with Crippen molar-refractivity contribution in [3.63, 3.8) is 0 Å². The van der Waals surface area contributed by atoms with E-state index in [2.05, 4.69) is 0 Å². The van der Waals surface area contributed by atoms with E-state index in [9.17, 15) is 14.7 Å². The van der Waals surface area contributed by atoms with Crippen LogP contribution in [0, 0.1) is 17.0 Å². The Morgan fingerprint density at radius 1 is 1.30 bits per heavy atom. The highest BCUT2D eigenvalue weighted by atomic mass is 31.2. The second-order valence-corrected chi connectivity index (χ2v) is 7.37. The maximum Gasteiger partial charge on any atom is 0.346 e. The Morgan fingerprint density at radius 2 is 1.90 bits per heavy atom. The number of benzene rings is 1. The van der Waals surface area contributed by atoms with Crippen LogP contribution in [0.2, 0.25) is 0 Å².